The quantitative estimate of drug-likeness (QED) is 0.258. The molecule has 0 aliphatic rings. The molecule has 2 aromatic carbocycles. The summed E-state index contributed by atoms with van der Waals surface area (Å²) in [4.78, 5) is 13.2. The fraction of sp³-hybridized carbons (Fsp3) is 0.250. The Morgan fingerprint density at radius 3 is 2.62 bits per heavy atom. The summed E-state index contributed by atoms with van der Waals surface area (Å²) < 4.78 is 18.0. The predicted molar refractivity (Wildman–Crippen MR) is 130 cm³/mol. The first-order chi connectivity index (χ1) is 16.7. The van der Waals surface area contributed by atoms with Crippen LogP contribution >= 0.6 is 11.8 Å². The minimum Gasteiger partial charge on any atom is -0.493 e. The molecule has 0 saturated carbocycles. The molecule has 0 atom stereocenters. The minimum atomic E-state index is -0.00927. The van der Waals surface area contributed by atoms with Crippen LogP contribution in [0, 0.1) is 0 Å². The van der Waals surface area contributed by atoms with Crippen molar-refractivity contribution in [2.45, 2.75) is 11.3 Å². The summed E-state index contributed by atoms with van der Waals surface area (Å²) in [5.41, 5.74) is 1.36. The molecule has 34 heavy (non-hydrogen) atoms. The Labute approximate surface area is 201 Å². The zero-order chi connectivity index (χ0) is 23.8. The lowest BCUT2D eigenvalue weighted by atomic mass is 10.2. The lowest BCUT2D eigenvalue weighted by molar-refractivity contribution is -0.120. The monoisotopic (exact) mass is 479 g/mol. The van der Waals surface area contributed by atoms with Crippen LogP contribution in [0.4, 0.5) is 0 Å². The molecule has 0 saturated heterocycles. The van der Waals surface area contributed by atoms with E-state index in [-0.39, 0.29) is 5.91 Å². The number of amides is 1. The highest BCUT2D eigenvalue weighted by Gasteiger charge is 2.13. The van der Waals surface area contributed by atoms with Gasteiger partial charge in [-0.2, -0.15) is 4.52 Å². The van der Waals surface area contributed by atoms with E-state index in [1.54, 1.807) is 48.7 Å². The molecular formula is C24H25N5O4S. The highest BCUT2D eigenvalue weighted by Crippen LogP contribution is 2.31. The first-order valence-electron chi connectivity index (χ1n) is 10.7. The van der Waals surface area contributed by atoms with Crippen LogP contribution in [0.1, 0.15) is 6.42 Å². The highest BCUT2D eigenvalue weighted by atomic mass is 32.2. The van der Waals surface area contributed by atoms with Crippen molar-refractivity contribution in [2.75, 3.05) is 33.1 Å². The Hall–Kier alpha value is -3.79. The third-order valence-electron chi connectivity index (χ3n) is 4.90. The third-order valence-corrected chi connectivity index (χ3v) is 5.91. The smallest absolute Gasteiger partial charge is 0.231 e. The second kappa shape index (κ2) is 11.4. The molecule has 2 aromatic heterocycles. The van der Waals surface area contributed by atoms with Crippen LogP contribution in [0.25, 0.3) is 17.0 Å². The van der Waals surface area contributed by atoms with E-state index in [0.29, 0.717) is 48.4 Å². The van der Waals surface area contributed by atoms with Crippen LogP contribution < -0.4 is 19.5 Å². The summed E-state index contributed by atoms with van der Waals surface area (Å²) in [7, 11) is 3.16. The van der Waals surface area contributed by atoms with Crippen molar-refractivity contribution >= 4 is 23.3 Å². The fourth-order valence-corrected chi connectivity index (χ4v) is 4.09. The normalized spacial score (nSPS) is 10.8. The van der Waals surface area contributed by atoms with Crippen molar-refractivity contribution in [2.24, 2.45) is 0 Å². The van der Waals surface area contributed by atoms with E-state index >= 15 is 0 Å². The predicted octanol–water partition coefficient (Wildman–Crippen LogP) is 3.49. The molecule has 9 nitrogen and oxygen atoms in total. The first-order valence-corrected chi connectivity index (χ1v) is 11.7. The van der Waals surface area contributed by atoms with Crippen molar-refractivity contribution in [3.05, 3.63) is 60.7 Å². The van der Waals surface area contributed by atoms with E-state index in [2.05, 4.69) is 20.6 Å². The minimum absolute atomic E-state index is 0.00927. The molecule has 0 radical (unpaired) electrons. The van der Waals surface area contributed by atoms with E-state index in [0.717, 1.165) is 16.2 Å². The van der Waals surface area contributed by atoms with E-state index in [9.17, 15) is 4.79 Å². The zero-order valence-corrected chi connectivity index (χ0v) is 19.7. The number of hydrogen-bond donors (Lipinski definition) is 1. The summed E-state index contributed by atoms with van der Waals surface area (Å²) in [6, 6.07) is 19.0. The van der Waals surface area contributed by atoms with Gasteiger partial charge in [0.2, 0.25) is 11.8 Å². The molecule has 1 N–H and O–H groups in total. The number of nitrogens with one attached hydrogen (secondary N) is 1. The van der Waals surface area contributed by atoms with Crippen molar-refractivity contribution in [1.29, 1.82) is 0 Å². The molecule has 0 aliphatic carbocycles. The van der Waals surface area contributed by atoms with Crippen LogP contribution in [0.2, 0.25) is 0 Å². The Morgan fingerprint density at radius 2 is 1.82 bits per heavy atom. The Balaban J connectivity index is 1.31. The second-order valence-corrected chi connectivity index (χ2v) is 8.31. The van der Waals surface area contributed by atoms with Crippen molar-refractivity contribution in [1.82, 2.24) is 25.1 Å². The fourth-order valence-electron chi connectivity index (χ4n) is 3.22. The average Bonchev–Trinajstić information content (AvgIpc) is 3.30. The Morgan fingerprint density at radius 1 is 1.00 bits per heavy atom. The topological polar surface area (TPSA) is 99.9 Å². The van der Waals surface area contributed by atoms with E-state index in [4.69, 9.17) is 14.2 Å². The van der Waals surface area contributed by atoms with Gasteiger partial charge in [-0.25, -0.2) is 0 Å². The largest absolute Gasteiger partial charge is 0.493 e. The summed E-state index contributed by atoms with van der Waals surface area (Å²) in [5, 5.41) is 15.8. The van der Waals surface area contributed by atoms with Crippen molar-refractivity contribution in [3.63, 3.8) is 0 Å². The molecular weight excluding hydrogens is 454 g/mol. The molecule has 176 valence electrons. The second-order valence-electron chi connectivity index (χ2n) is 7.14. The van der Waals surface area contributed by atoms with E-state index in [1.807, 2.05) is 42.5 Å². The summed E-state index contributed by atoms with van der Waals surface area (Å²) >= 11 is 1.66. The SMILES string of the molecule is COc1ccc(-c2nnc3ccc(OCCNC(=O)CCSc4ccccc4)nn23)cc1OC. The highest BCUT2D eigenvalue weighted by molar-refractivity contribution is 7.99. The molecule has 0 bridgehead atoms. The van der Waals surface area contributed by atoms with Crippen molar-refractivity contribution in [3.8, 4) is 28.8 Å². The van der Waals surface area contributed by atoms with Gasteiger partial charge >= 0.3 is 0 Å². The Bertz CT molecular complexity index is 1250. The maximum absolute atomic E-state index is 12.0. The summed E-state index contributed by atoms with van der Waals surface area (Å²) in [6.07, 6.45) is 0.444. The lowest BCUT2D eigenvalue weighted by Crippen LogP contribution is -2.28. The number of rotatable bonds is 11. The van der Waals surface area contributed by atoms with Gasteiger partial charge < -0.3 is 19.5 Å². The van der Waals surface area contributed by atoms with Gasteiger partial charge in [0.25, 0.3) is 0 Å². The number of aromatic nitrogens is 4. The summed E-state index contributed by atoms with van der Waals surface area (Å²) in [6.45, 7) is 0.684. The maximum Gasteiger partial charge on any atom is 0.231 e. The summed E-state index contributed by atoms with van der Waals surface area (Å²) in [5.74, 6) is 2.87. The number of benzene rings is 2. The van der Waals surface area contributed by atoms with Gasteiger partial charge in [-0.05, 0) is 36.4 Å². The first kappa shape index (κ1) is 23.4. The van der Waals surface area contributed by atoms with Crippen LogP contribution in [0.15, 0.2) is 65.6 Å². The third kappa shape index (κ3) is 5.76. The lowest BCUT2D eigenvalue weighted by Gasteiger charge is -2.09. The number of methoxy groups -OCH3 is 2. The van der Waals surface area contributed by atoms with Crippen LogP contribution in [0.3, 0.4) is 0 Å². The number of ether oxygens (including phenoxy) is 3. The van der Waals surface area contributed by atoms with Gasteiger partial charge in [0, 0.05) is 28.7 Å². The standard InChI is InChI=1S/C24H25N5O4S/c1-31-19-9-8-17(16-20(19)32-2)24-27-26-21-10-11-23(28-29(21)24)33-14-13-25-22(30)12-15-34-18-6-4-3-5-7-18/h3-11,16H,12-15H2,1-2H3,(H,25,30). The van der Waals surface area contributed by atoms with Gasteiger partial charge in [0.15, 0.2) is 23.0 Å². The Kier molecular flexibility index (Phi) is 7.82. The molecule has 4 aromatic rings. The average molecular weight is 480 g/mol. The molecule has 1 amide bonds. The molecule has 0 unspecified atom stereocenters. The van der Waals surface area contributed by atoms with Crippen LogP contribution in [-0.2, 0) is 4.79 Å². The van der Waals surface area contributed by atoms with E-state index < -0.39 is 0 Å². The van der Waals surface area contributed by atoms with Crippen LogP contribution in [-0.4, -0.2) is 58.8 Å². The van der Waals surface area contributed by atoms with Gasteiger partial charge in [0.1, 0.15) is 6.61 Å². The molecule has 4 rings (SSSR count). The number of fused-ring (bicyclic) bond motifs is 1. The van der Waals surface area contributed by atoms with Gasteiger partial charge in [0.05, 0.1) is 20.8 Å². The number of hydrogen-bond acceptors (Lipinski definition) is 8. The van der Waals surface area contributed by atoms with E-state index in [1.165, 1.54) is 0 Å². The zero-order valence-electron chi connectivity index (χ0n) is 18.9. The number of carbonyl (C=O) groups excluding carboxylic acids is 1. The van der Waals surface area contributed by atoms with Crippen LogP contribution in [0.5, 0.6) is 17.4 Å². The molecule has 0 spiro atoms. The van der Waals surface area contributed by atoms with Gasteiger partial charge in [-0.15, -0.1) is 27.1 Å². The number of nitrogens with zero attached hydrogens (tertiary/aromatic N) is 4. The molecule has 10 heteroatoms. The van der Waals surface area contributed by atoms with Gasteiger partial charge in [-0.3, -0.25) is 4.79 Å². The number of carbonyl (C=O) groups is 1. The maximum atomic E-state index is 12.0. The van der Waals surface area contributed by atoms with Crippen molar-refractivity contribution < 1.29 is 19.0 Å². The molecule has 0 fully saturated rings. The number of thioether (sulfide) groups is 1. The molecule has 2 heterocycles. The van der Waals surface area contributed by atoms with Gasteiger partial charge in [-0.1, -0.05) is 18.2 Å². The molecule has 0 aliphatic heterocycles.